The fraction of sp³-hybridized carbons (Fsp3) is 0.545. The molecule has 1 aromatic rings. The maximum atomic E-state index is 6.13. The minimum absolute atomic E-state index is 0.198. The number of nitrogens with one attached hydrogen (secondary N) is 1. The third-order valence-corrected chi connectivity index (χ3v) is 2.64. The van der Waals surface area contributed by atoms with Gasteiger partial charge in [-0.2, -0.15) is 5.10 Å². The summed E-state index contributed by atoms with van der Waals surface area (Å²) in [5.41, 5.74) is 1.06. The van der Waals surface area contributed by atoms with Gasteiger partial charge >= 0.3 is 0 Å². The molecule has 1 heterocycles. The zero-order valence-electron chi connectivity index (χ0n) is 9.33. The largest absolute Gasteiger partial charge is 0.311 e. The summed E-state index contributed by atoms with van der Waals surface area (Å²) >= 11 is 6.13. The molecule has 0 spiro atoms. The molecule has 0 aliphatic heterocycles. The van der Waals surface area contributed by atoms with Crippen molar-refractivity contribution in [2.75, 3.05) is 7.05 Å². The number of hydrogen-bond acceptors (Lipinski definition) is 2. The standard InChI is InChI=1S/C11H18ClN3/c1-4-6-10(13-3)11-9(12)8-14-15(11)7-5-2/h4,8,10,13H,1,5-7H2,2-3H3. The molecule has 84 valence electrons. The van der Waals surface area contributed by atoms with Crippen molar-refractivity contribution in [2.24, 2.45) is 0 Å². The fourth-order valence-corrected chi connectivity index (χ4v) is 1.91. The van der Waals surface area contributed by atoms with Crippen LogP contribution in [-0.4, -0.2) is 16.8 Å². The van der Waals surface area contributed by atoms with Crippen LogP contribution >= 0.6 is 11.6 Å². The van der Waals surface area contributed by atoms with E-state index in [4.69, 9.17) is 11.6 Å². The minimum atomic E-state index is 0.198. The maximum absolute atomic E-state index is 6.13. The van der Waals surface area contributed by atoms with Crippen molar-refractivity contribution in [3.8, 4) is 0 Å². The molecule has 1 aromatic heterocycles. The molecule has 0 radical (unpaired) electrons. The summed E-state index contributed by atoms with van der Waals surface area (Å²) in [6.07, 6.45) is 5.50. The minimum Gasteiger partial charge on any atom is -0.311 e. The van der Waals surface area contributed by atoms with Gasteiger partial charge in [0.05, 0.1) is 23.0 Å². The summed E-state index contributed by atoms with van der Waals surface area (Å²) in [6, 6.07) is 0.198. The highest BCUT2D eigenvalue weighted by molar-refractivity contribution is 6.31. The molecule has 1 rings (SSSR count). The Morgan fingerprint density at radius 3 is 3.00 bits per heavy atom. The van der Waals surface area contributed by atoms with Crippen molar-refractivity contribution in [3.05, 3.63) is 29.6 Å². The normalized spacial score (nSPS) is 12.7. The average Bonchev–Trinajstić information content (AvgIpc) is 2.58. The van der Waals surface area contributed by atoms with Crippen molar-refractivity contribution in [1.82, 2.24) is 15.1 Å². The molecule has 1 unspecified atom stereocenters. The second kappa shape index (κ2) is 5.93. The molecule has 15 heavy (non-hydrogen) atoms. The van der Waals surface area contributed by atoms with Crippen molar-refractivity contribution in [3.63, 3.8) is 0 Å². The maximum Gasteiger partial charge on any atom is 0.0834 e. The van der Waals surface area contributed by atoms with Crippen LogP contribution in [0, 0.1) is 0 Å². The lowest BCUT2D eigenvalue weighted by molar-refractivity contribution is 0.502. The molecule has 0 saturated carbocycles. The second-order valence-corrected chi connectivity index (χ2v) is 3.87. The van der Waals surface area contributed by atoms with E-state index in [1.165, 1.54) is 0 Å². The molecule has 0 amide bonds. The third-order valence-electron chi connectivity index (χ3n) is 2.35. The van der Waals surface area contributed by atoms with Crippen molar-refractivity contribution in [1.29, 1.82) is 0 Å². The SMILES string of the molecule is C=CCC(NC)c1c(Cl)cnn1CCC. The van der Waals surface area contributed by atoms with E-state index in [0.717, 1.165) is 30.1 Å². The van der Waals surface area contributed by atoms with E-state index in [9.17, 15) is 0 Å². The monoisotopic (exact) mass is 227 g/mol. The summed E-state index contributed by atoms with van der Waals surface area (Å²) in [7, 11) is 1.92. The van der Waals surface area contributed by atoms with E-state index in [0.29, 0.717) is 0 Å². The lowest BCUT2D eigenvalue weighted by Crippen LogP contribution is -2.20. The molecular formula is C11H18ClN3. The summed E-state index contributed by atoms with van der Waals surface area (Å²) in [5, 5.41) is 8.22. The Balaban J connectivity index is 2.96. The molecule has 0 aliphatic rings. The van der Waals surface area contributed by atoms with E-state index in [2.05, 4.69) is 23.9 Å². The highest BCUT2D eigenvalue weighted by Crippen LogP contribution is 2.25. The predicted molar refractivity (Wildman–Crippen MR) is 64.1 cm³/mol. The number of halogens is 1. The Labute approximate surface area is 96.1 Å². The van der Waals surface area contributed by atoms with Crippen LogP contribution in [0.3, 0.4) is 0 Å². The van der Waals surface area contributed by atoms with Gasteiger partial charge in [-0.3, -0.25) is 4.68 Å². The van der Waals surface area contributed by atoms with Gasteiger partial charge in [0.1, 0.15) is 0 Å². The molecule has 0 bridgehead atoms. The lowest BCUT2D eigenvalue weighted by Gasteiger charge is -2.16. The van der Waals surface area contributed by atoms with E-state index in [1.807, 2.05) is 17.8 Å². The van der Waals surface area contributed by atoms with Gasteiger partial charge in [0.25, 0.3) is 0 Å². The van der Waals surface area contributed by atoms with Gasteiger partial charge in [-0.1, -0.05) is 24.6 Å². The molecule has 4 heteroatoms. The Morgan fingerprint density at radius 1 is 1.73 bits per heavy atom. The van der Waals surface area contributed by atoms with Gasteiger partial charge in [0.15, 0.2) is 0 Å². The van der Waals surface area contributed by atoms with Crippen LogP contribution in [0.1, 0.15) is 31.5 Å². The van der Waals surface area contributed by atoms with Gasteiger partial charge in [-0.25, -0.2) is 0 Å². The number of aromatic nitrogens is 2. The fourth-order valence-electron chi connectivity index (χ4n) is 1.64. The molecule has 0 fully saturated rings. The topological polar surface area (TPSA) is 29.9 Å². The van der Waals surface area contributed by atoms with Gasteiger partial charge in [0, 0.05) is 6.54 Å². The number of nitrogens with zero attached hydrogens (tertiary/aromatic N) is 2. The first-order valence-electron chi connectivity index (χ1n) is 5.23. The first-order valence-corrected chi connectivity index (χ1v) is 5.61. The Morgan fingerprint density at radius 2 is 2.47 bits per heavy atom. The van der Waals surface area contributed by atoms with Crippen LogP contribution in [-0.2, 0) is 6.54 Å². The quantitative estimate of drug-likeness (QED) is 0.758. The van der Waals surface area contributed by atoms with Gasteiger partial charge in [0.2, 0.25) is 0 Å². The summed E-state index contributed by atoms with van der Waals surface area (Å²) in [4.78, 5) is 0. The summed E-state index contributed by atoms with van der Waals surface area (Å²) in [6.45, 7) is 6.78. The second-order valence-electron chi connectivity index (χ2n) is 3.47. The zero-order valence-corrected chi connectivity index (χ0v) is 10.1. The van der Waals surface area contributed by atoms with E-state index in [1.54, 1.807) is 6.20 Å². The number of rotatable bonds is 6. The molecule has 0 aliphatic carbocycles. The molecule has 3 nitrogen and oxygen atoms in total. The molecule has 0 aromatic carbocycles. The Kier molecular flexibility index (Phi) is 4.85. The van der Waals surface area contributed by atoms with Gasteiger partial charge < -0.3 is 5.32 Å². The van der Waals surface area contributed by atoms with Crippen molar-refractivity contribution in [2.45, 2.75) is 32.4 Å². The van der Waals surface area contributed by atoms with Crippen LogP contribution in [0.2, 0.25) is 5.02 Å². The van der Waals surface area contributed by atoms with Crippen LogP contribution in [0.25, 0.3) is 0 Å². The first kappa shape index (κ1) is 12.3. The van der Waals surface area contributed by atoms with E-state index in [-0.39, 0.29) is 6.04 Å². The van der Waals surface area contributed by atoms with E-state index >= 15 is 0 Å². The number of aryl methyl sites for hydroxylation is 1. The highest BCUT2D eigenvalue weighted by Gasteiger charge is 2.17. The number of hydrogen-bond donors (Lipinski definition) is 1. The summed E-state index contributed by atoms with van der Waals surface area (Å²) < 4.78 is 1.97. The summed E-state index contributed by atoms with van der Waals surface area (Å²) in [5.74, 6) is 0. The zero-order chi connectivity index (χ0) is 11.3. The molecular weight excluding hydrogens is 210 g/mol. The van der Waals surface area contributed by atoms with Gasteiger partial charge in [-0.05, 0) is 19.9 Å². The predicted octanol–water partition coefficient (Wildman–Crippen LogP) is 2.78. The van der Waals surface area contributed by atoms with Crippen molar-refractivity contribution >= 4 is 11.6 Å². The Hall–Kier alpha value is -0.800. The molecule has 0 saturated heterocycles. The average molecular weight is 228 g/mol. The highest BCUT2D eigenvalue weighted by atomic mass is 35.5. The van der Waals surface area contributed by atoms with E-state index < -0.39 is 0 Å². The third kappa shape index (κ3) is 2.83. The van der Waals surface area contributed by atoms with Crippen LogP contribution in [0.4, 0.5) is 0 Å². The first-order chi connectivity index (χ1) is 7.24. The van der Waals surface area contributed by atoms with Crippen LogP contribution in [0.5, 0.6) is 0 Å². The molecule has 1 atom stereocenters. The van der Waals surface area contributed by atoms with Crippen LogP contribution in [0.15, 0.2) is 18.9 Å². The van der Waals surface area contributed by atoms with Crippen molar-refractivity contribution < 1.29 is 0 Å². The van der Waals surface area contributed by atoms with Gasteiger partial charge in [-0.15, -0.1) is 6.58 Å². The Bertz CT molecular complexity index is 320. The van der Waals surface area contributed by atoms with Crippen LogP contribution < -0.4 is 5.32 Å². The lowest BCUT2D eigenvalue weighted by atomic mass is 10.1. The smallest absolute Gasteiger partial charge is 0.0834 e. The molecule has 1 N–H and O–H groups in total.